The van der Waals surface area contributed by atoms with Crippen molar-refractivity contribution in [2.45, 2.75) is 12.8 Å². The molecule has 0 radical (unpaired) electrons. The lowest BCUT2D eigenvalue weighted by Crippen LogP contribution is -2.42. The van der Waals surface area contributed by atoms with Crippen molar-refractivity contribution in [3.63, 3.8) is 0 Å². The number of nitro groups is 1. The van der Waals surface area contributed by atoms with Crippen LogP contribution in [0.15, 0.2) is 12.1 Å². The Bertz CT molecular complexity index is 542. The van der Waals surface area contributed by atoms with Gasteiger partial charge in [-0.1, -0.05) is 11.3 Å². The molecule has 1 amide bonds. The summed E-state index contributed by atoms with van der Waals surface area (Å²) in [4.78, 5) is 35.8. The molecule has 2 rings (SSSR count). The fourth-order valence-electron chi connectivity index (χ4n) is 2.22. The summed E-state index contributed by atoms with van der Waals surface area (Å²) < 4.78 is 4.70. The highest BCUT2D eigenvalue weighted by Crippen LogP contribution is 2.27. The first-order valence-corrected chi connectivity index (χ1v) is 6.96. The van der Waals surface area contributed by atoms with Crippen LogP contribution in [0.4, 0.5) is 5.00 Å². The Hall–Kier alpha value is -1.96. The SMILES string of the molecule is COC(=O)[C@H]1CCCN(C(=O)c2ccc([N+](=O)[O-])s2)C1. The number of carbonyl (C=O) groups excluding carboxylic acids is 2. The predicted octanol–water partition coefficient (Wildman–Crippen LogP) is 1.68. The van der Waals surface area contributed by atoms with Gasteiger partial charge in [-0.05, 0) is 18.9 Å². The molecule has 1 aromatic rings. The second-order valence-electron chi connectivity index (χ2n) is 4.51. The van der Waals surface area contributed by atoms with E-state index >= 15 is 0 Å². The minimum atomic E-state index is -0.519. The van der Waals surface area contributed by atoms with Gasteiger partial charge >= 0.3 is 11.0 Å². The molecule has 1 atom stereocenters. The zero-order chi connectivity index (χ0) is 14.7. The molecule has 0 aliphatic carbocycles. The van der Waals surface area contributed by atoms with E-state index in [0.717, 1.165) is 17.8 Å². The number of nitrogens with zero attached hydrogens (tertiary/aromatic N) is 2. The first kappa shape index (κ1) is 14.4. The van der Waals surface area contributed by atoms with Crippen LogP contribution in [0.2, 0.25) is 0 Å². The van der Waals surface area contributed by atoms with Gasteiger partial charge in [0.1, 0.15) is 0 Å². The number of methoxy groups -OCH3 is 1. The molecule has 0 saturated carbocycles. The van der Waals surface area contributed by atoms with Crippen molar-refractivity contribution >= 4 is 28.2 Å². The summed E-state index contributed by atoms with van der Waals surface area (Å²) in [5, 5.41) is 10.6. The van der Waals surface area contributed by atoms with Crippen molar-refractivity contribution in [3.8, 4) is 0 Å². The fourth-order valence-corrected chi connectivity index (χ4v) is 3.01. The van der Waals surface area contributed by atoms with Crippen LogP contribution in [0.5, 0.6) is 0 Å². The summed E-state index contributed by atoms with van der Waals surface area (Å²) in [6, 6.07) is 2.77. The number of thiophene rings is 1. The Morgan fingerprint density at radius 2 is 2.25 bits per heavy atom. The zero-order valence-corrected chi connectivity index (χ0v) is 11.7. The van der Waals surface area contributed by atoms with Gasteiger partial charge in [-0.25, -0.2) is 0 Å². The summed E-state index contributed by atoms with van der Waals surface area (Å²) >= 11 is 0.852. The van der Waals surface area contributed by atoms with Gasteiger partial charge in [0, 0.05) is 19.2 Å². The van der Waals surface area contributed by atoms with E-state index < -0.39 is 4.92 Å². The molecular weight excluding hydrogens is 284 g/mol. The largest absolute Gasteiger partial charge is 0.469 e. The number of likely N-dealkylation sites (tertiary alicyclic amines) is 1. The maximum Gasteiger partial charge on any atom is 0.324 e. The summed E-state index contributed by atoms with van der Waals surface area (Å²) in [5.41, 5.74) is 0. The second kappa shape index (κ2) is 6.00. The van der Waals surface area contributed by atoms with Crippen LogP contribution in [-0.4, -0.2) is 41.9 Å². The highest BCUT2D eigenvalue weighted by atomic mass is 32.1. The first-order valence-electron chi connectivity index (χ1n) is 6.14. The molecular formula is C12H14N2O5S. The Morgan fingerprint density at radius 1 is 1.50 bits per heavy atom. The first-order chi connectivity index (χ1) is 9.52. The zero-order valence-electron chi connectivity index (χ0n) is 10.9. The van der Waals surface area contributed by atoms with Crippen molar-refractivity contribution in [2.75, 3.05) is 20.2 Å². The highest BCUT2D eigenvalue weighted by Gasteiger charge is 2.30. The molecule has 1 fully saturated rings. The van der Waals surface area contributed by atoms with Gasteiger partial charge < -0.3 is 9.64 Å². The van der Waals surface area contributed by atoms with Gasteiger partial charge in [-0.2, -0.15) is 0 Å². The molecule has 0 unspecified atom stereocenters. The number of piperidine rings is 1. The van der Waals surface area contributed by atoms with Crippen molar-refractivity contribution < 1.29 is 19.2 Å². The molecule has 20 heavy (non-hydrogen) atoms. The molecule has 7 nitrogen and oxygen atoms in total. The normalized spacial score (nSPS) is 18.6. The van der Waals surface area contributed by atoms with Crippen LogP contribution in [0.25, 0.3) is 0 Å². The number of amides is 1. The minimum absolute atomic E-state index is 0.0603. The maximum absolute atomic E-state index is 12.3. The van der Waals surface area contributed by atoms with E-state index in [1.807, 2.05) is 0 Å². The average Bonchev–Trinajstić information content (AvgIpc) is 2.95. The van der Waals surface area contributed by atoms with Gasteiger partial charge in [-0.15, -0.1) is 0 Å². The summed E-state index contributed by atoms with van der Waals surface area (Å²) in [6.07, 6.45) is 1.42. The smallest absolute Gasteiger partial charge is 0.324 e. The molecule has 1 aliphatic rings. The quantitative estimate of drug-likeness (QED) is 0.481. The Kier molecular flexibility index (Phi) is 4.33. The summed E-state index contributed by atoms with van der Waals surface area (Å²) in [6.45, 7) is 0.856. The van der Waals surface area contributed by atoms with E-state index in [9.17, 15) is 19.7 Å². The van der Waals surface area contributed by atoms with Crippen LogP contribution in [-0.2, 0) is 9.53 Å². The summed E-state index contributed by atoms with van der Waals surface area (Å²) in [5.74, 6) is -0.899. The van der Waals surface area contributed by atoms with E-state index in [2.05, 4.69) is 0 Å². The molecule has 0 N–H and O–H groups in total. The maximum atomic E-state index is 12.3. The van der Waals surface area contributed by atoms with Crippen LogP contribution in [0.1, 0.15) is 22.5 Å². The average molecular weight is 298 g/mol. The number of rotatable bonds is 3. The molecule has 1 aromatic heterocycles. The lowest BCUT2D eigenvalue weighted by molar-refractivity contribution is -0.380. The van der Waals surface area contributed by atoms with Gasteiger partial charge in [0.2, 0.25) is 0 Å². The molecule has 108 valence electrons. The van der Waals surface area contributed by atoms with Gasteiger partial charge in [0.05, 0.1) is 22.8 Å². The summed E-state index contributed by atoms with van der Waals surface area (Å²) in [7, 11) is 1.33. The van der Waals surface area contributed by atoms with E-state index in [4.69, 9.17) is 4.74 Å². The van der Waals surface area contributed by atoms with E-state index in [0.29, 0.717) is 24.4 Å². The molecule has 1 aliphatic heterocycles. The molecule has 1 saturated heterocycles. The Balaban J connectivity index is 2.08. The third-order valence-corrected chi connectivity index (χ3v) is 4.25. The van der Waals surface area contributed by atoms with Crippen LogP contribution in [0, 0.1) is 16.0 Å². The fraction of sp³-hybridized carbons (Fsp3) is 0.500. The van der Waals surface area contributed by atoms with E-state index in [-0.39, 0.29) is 22.8 Å². The second-order valence-corrected chi connectivity index (χ2v) is 5.57. The lowest BCUT2D eigenvalue weighted by Gasteiger charge is -2.30. The lowest BCUT2D eigenvalue weighted by atomic mass is 9.98. The van der Waals surface area contributed by atoms with Gasteiger partial charge in [0.25, 0.3) is 5.91 Å². The van der Waals surface area contributed by atoms with E-state index in [1.54, 1.807) is 4.90 Å². The Labute approximate surface area is 119 Å². The number of esters is 1. The highest BCUT2D eigenvalue weighted by molar-refractivity contribution is 7.17. The Morgan fingerprint density at radius 3 is 2.85 bits per heavy atom. The van der Waals surface area contributed by atoms with Crippen LogP contribution >= 0.6 is 11.3 Å². The third-order valence-electron chi connectivity index (χ3n) is 3.23. The van der Waals surface area contributed by atoms with Crippen molar-refractivity contribution in [1.82, 2.24) is 4.90 Å². The molecule has 8 heteroatoms. The van der Waals surface area contributed by atoms with Gasteiger partial charge in [0.15, 0.2) is 0 Å². The standard InChI is InChI=1S/C12H14N2O5S/c1-19-12(16)8-3-2-6-13(7-8)11(15)9-4-5-10(20-9)14(17)18/h4-5,8H,2-3,6-7H2,1H3/t8-/m0/s1. The number of hydrogen-bond donors (Lipinski definition) is 0. The minimum Gasteiger partial charge on any atom is -0.469 e. The third kappa shape index (κ3) is 2.96. The molecule has 0 aromatic carbocycles. The van der Waals surface area contributed by atoms with E-state index in [1.165, 1.54) is 19.2 Å². The van der Waals surface area contributed by atoms with Gasteiger partial charge in [-0.3, -0.25) is 19.7 Å². The number of carbonyl (C=O) groups is 2. The predicted molar refractivity (Wildman–Crippen MR) is 71.6 cm³/mol. The molecule has 0 spiro atoms. The van der Waals surface area contributed by atoms with Crippen molar-refractivity contribution in [2.24, 2.45) is 5.92 Å². The monoisotopic (exact) mass is 298 g/mol. The number of ether oxygens (including phenoxy) is 1. The molecule has 0 bridgehead atoms. The van der Waals surface area contributed by atoms with Crippen LogP contribution < -0.4 is 0 Å². The van der Waals surface area contributed by atoms with Crippen molar-refractivity contribution in [3.05, 3.63) is 27.1 Å². The molecule has 2 heterocycles. The topological polar surface area (TPSA) is 89.8 Å². The van der Waals surface area contributed by atoms with Crippen LogP contribution in [0.3, 0.4) is 0 Å². The van der Waals surface area contributed by atoms with Crippen molar-refractivity contribution in [1.29, 1.82) is 0 Å². The number of hydrogen-bond acceptors (Lipinski definition) is 6.